The highest BCUT2D eigenvalue weighted by Crippen LogP contribution is 2.31. The van der Waals surface area contributed by atoms with Gasteiger partial charge in [0.2, 0.25) is 0 Å². The first-order valence-electron chi connectivity index (χ1n) is 4.23. The Kier molecular flexibility index (Phi) is 1.95. The summed E-state index contributed by atoms with van der Waals surface area (Å²) in [4.78, 5) is 13.6. The van der Waals surface area contributed by atoms with Crippen LogP contribution in [0.2, 0.25) is 0 Å². The molecule has 14 heavy (non-hydrogen) atoms. The van der Waals surface area contributed by atoms with Crippen LogP contribution < -0.4 is 10.5 Å². The molecule has 2 rings (SSSR count). The third kappa shape index (κ3) is 1.73. The lowest BCUT2D eigenvalue weighted by molar-refractivity contribution is -0.385. The van der Waals surface area contributed by atoms with Crippen molar-refractivity contribution < 1.29 is 9.66 Å². The van der Waals surface area contributed by atoms with Gasteiger partial charge in [-0.3, -0.25) is 10.1 Å². The number of ether oxygens (including phenoxy) is 1. The summed E-state index contributed by atoms with van der Waals surface area (Å²) in [6.07, 6.45) is 3.22. The average molecular weight is 195 g/mol. The molecule has 0 aliphatic heterocycles. The Balaban J connectivity index is 2.26. The second kappa shape index (κ2) is 3.13. The van der Waals surface area contributed by atoms with Crippen LogP contribution in [0.5, 0.6) is 5.75 Å². The second-order valence-electron chi connectivity index (χ2n) is 3.15. The Morgan fingerprint density at radius 3 is 2.93 bits per heavy atom. The second-order valence-corrected chi connectivity index (χ2v) is 3.15. The van der Waals surface area contributed by atoms with Gasteiger partial charge in [0.25, 0.3) is 5.69 Å². The molecule has 6 heteroatoms. The van der Waals surface area contributed by atoms with Crippen molar-refractivity contribution in [1.82, 2.24) is 4.98 Å². The molecule has 2 N–H and O–H groups in total. The van der Waals surface area contributed by atoms with E-state index >= 15 is 0 Å². The highest BCUT2D eigenvalue weighted by Gasteiger charge is 2.25. The van der Waals surface area contributed by atoms with Gasteiger partial charge in [0.15, 0.2) is 11.6 Å². The van der Waals surface area contributed by atoms with Gasteiger partial charge in [0, 0.05) is 0 Å². The molecule has 0 aromatic carbocycles. The van der Waals surface area contributed by atoms with Crippen LogP contribution in [0.25, 0.3) is 0 Å². The lowest BCUT2D eigenvalue weighted by Gasteiger charge is -2.05. The van der Waals surface area contributed by atoms with Crippen LogP contribution in [-0.2, 0) is 0 Å². The first-order chi connectivity index (χ1) is 6.66. The molecule has 0 spiro atoms. The fraction of sp³-hybridized carbons (Fsp3) is 0.375. The number of pyridine rings is 1. The molecule has 1 aromatic rings. The summed E-state index contributed by atoms with van der Waals surface area (Å²) in [5, 5.41) is 10.4. The molecular weight excluding hydrogens is 186 g/mol. The SMILES string of the molecule is Nc1ncc([N+](=O)[O-])cc1OC1CC1. The van der Waals surface area contributed by atoms with Crippen molar-refractivity contribution in [1.29, 1.82) is 0 Å². The molecule has 1 aliphatic carbocycles. The van der Waals surface area contributed by atoms with E-state index in [1.807, 2.05) is 0 Å². The van der Waals surface area contributed by atoms with E-state index in [-0.39, 0.29) is 17.6 Å². The van der Waals surface area contributed by atoms with E-state index in [9.17, 15) is 10.1 Å². The summed E-state index contributed by atoms with van der Waals surface area (Å²) in [5.74, 6) is 0.504. The van der Waals surface area contributed by atoms with Crippen molar-refractivity contribution in [2.75, 3.05) is 5.73 Å². The quantitative estimate of drug-likeness (QED) is 0.576. The number of aromatic nitrogens is 1. The molecular formula is C8H9N3O3. The molecule has 0 unspecified atom stereocenters. The molecule has 1 heterocycles. The normalized spacial score (nSPS) is 15.1. The van der Waals surface area contributed by atoms with E-state index in [1.165, 1.54) is 6.07 Å². The van der Waals surface area contributed by atoms with Crippen LogP contribution in [0, 0.1) is 10.1 Å². The van der Waals surface area contributed by atoms with E-state index in [0.717, 1.165) is 19.0 Å². The molecule has 0 amide bonds. The minimum absolute atomic E-state index is 0.102. The average Bonchev–Trinajstić information content (AvgIpc) is 2.92. The topological polar surface area (TPSA) is 91.3 Å². The molecule has 6 nitrogen and oxygen atoms in total. The number of rotatable bonds is 3. The first-order valence-corrected chi connectivity index (χ1v) is 4.23. The number of nitrogens with zero attached hydrogens (tertiary/aromatic N) is 2. The molecule has 0 radical (unpaired) electrons. The summed E-state index contributed by atoms with van der Waals surface area (Å²) in [5.41, 5.74) is 5.40. The van der Waals surface area contributed by atoms with Crippen molar-refractivity contribution in [3.8, 4) is 5.75 Å². The van der Waals surface area contributed by atoms with Gasteiger partial charge in [-0.05, 0) is 12.8 Å². The molecule has 0 atom stereocenters. The molecule has 1 aliphatic rings. The highest BCUT2D eigenvalue weighted by molar-refractivity contribution is 5.51. The predicted molar refractivity (Wildman–Crippen MR) is 49.0 cm³/mol. The smallest absolute Gasteiger partial charge is 0.291 e. The monoisotopic (exact) mass is 195 g/mol. The largest absolute Gasteiger partial charge is 0.486 e. The molecule has 1 aromatic heterocycles. The highest BCUT2D eigenvalue weighted by atomic mass is 16.6. The van der Waals surface area contributed by atoms with E-state index in [0.29, 0.717) is 5.75 Å². The Morgan fingerprint density at radius 1 is 1.64 bits per heavy atom. The molecule has 1 saturated carbocycles. The number of hydrogen-bond donors (Lipinski definition) is 1. The minimum Gasteiger partial charge on any atom is -0.486 e. The summed E-state index contributed by atoms with van der Waals surface area (Å²) in [7, 11) is 0. The number of hydrogen-bond acceptors (Lipinski definition) is 5. The summed E-state index contributed by atoms with van der Waals surface area (Å²) in [6.45, 7) is 0. The van der Waals surface area contributed by atoms with Gasteiger partial charge in [0.05, 0.1) is 17.1 Å². The fourth-order valence-electron chi connectivity index (χ4n) is 1.00. The Hall–Kier alpha value is -1.85. The minimum atomic E-state index is -0.522. The zero-order chi connectivity index (χ0) is 10.1. The van der Waals surface area contributed by atoms with Crippen molar-refractivity contribution in [3.05, 3.63) is 22.4 Å². The Morgan fingerprint density at radius 2 is 2.36 bits per heavy atom. The standard InChI is InChI=1S/C8H9N3O3/c9-8-7(14-6-1-2-6)3-5(4-10-8)11(12)13/h3-4,6H,1-2H2,(H2,9,10). The summed E-state index contributed by atoms with van der Waals surface area (Å²) >= 11 is 0. The molecule has 1 fully saturated rings. The van der Waals surface area contributed by atoms with E-state index in [4.69, 9.17) is 10.5 Å². The van der Waals surface area contributed by atoms with Crippen LogP contribution in [0.4, 0.5) is 11.5 Å². The zero-order valence-electron chi connectivity index (χ0n) is 7.34. The van der Waals surface area contributed by atoms with Gasteiger partial charge >= 0.3 is 0 Å². The first kappa shape index (κ1) is 8.74. The van der Waals surface area contributed by atoms with Crippen LogP contribution >= 0.6 is 0 Å². The predicted octanol–water partition coefficient (Wildman–Crippen LogP) is 1.11. The van der Waals surface area contributed by atoms with Crippen LogP contribution in [0.1, 0.15) is 12.8 Å². The van der Waals surface area contributed by atoms with Gasteiger partial charge in [-0.2, -0.15) is 0 Å². The zero-order valence-corrected chi connectivity index (χ0v) is 7.34. The maximum absolute atomic E-state index is 10.4. The third-order valence-electron chi connectivity index (χ3n) is 1.90. The van der Waals surface area contributed by atoms with Crippen LogP contribution in [-0.4, -0.2) is 16.0 Å². The van der Waals surface area contributed by atoms with Crippen molar-refractivity contribution in [2.24, 2.45) is 0 Å². The number of nitro groups is 1. The number of nitrogen functional groups attached to an aromatic ring is 1. The lowest BCUT2D eigenvalue weighted by Crippen LogP contribution is -2.02. The van der Waals surface area contributed by atoms with E-state index in [1.54, 1.807) is 0 Å². The molecule has 0 saturated heterocycles. The van der Waals surface area contributed by atoms with Crippen LogP contribution in [0.15, 0.2) is 12.3 Å². The van der Waals surface area contributed by atoms with Gasteiger partial charge in [0.1, 0.15) is 6.20 Å². The van der Waals surface area contributed by atoms with E-state index < -0.39 is 4.92 Å². The van der Waals surface area contributed by atoms with Gasteiger partial charge < -0.3 is 10.5 Å². The Labute approximate surface area is 79.8 Å². The summed E-state index contributed by atoms with van der Waals surface area (Å²) in [6, 6.07) is 1.31. The van der Waals surface area contributed by atoms with Crippen molar-refractivity contribution in [2.45, 2.75) is 18.9 Å². The van der Waals surface area contributed by atoms with Crippen molar-refractivity contribution in [3.63, 3.8) is 0 Å². The van der Waals surface area contributed by atoms with Gasteiger partial charge in [-0.25, -0.2) is 4.98 Å². The van der Waals surface area contributed by atoms with Crippen LogP contribution in [0.3, 0.4) is 0 Å². The third-order valence-corrected chi connectivity index (χ3v) is 1.90. The van der Waals surface area contributed by atoms with Gasteiger partial charge in [-0.1, -0.05) is 0 Å². The number of nitrogens with two attached hydrogens (primary N) is 1. The summed E-state index contributed by atoms with van der Waals surface area (Å²) < 4.78 is 5.35. The molecule has 0 bridgehead atoms. The lowest BCUT2D eigenvalue weighted by atomic mass is 10.4. The van der Waals surface area contributed by atoms with E-state index in [2.05, 4.69) is 4.98 Å². The maximum atomic E-state index is 10.4. The fourth-order valence-corrected chi connectivity index (χ4v) is 1.00. The molecule has 74 valence electrons. The maximum Gasteiger partial charge on any atom is 0.291 e. The van der Waals surface area contributed by atoms with Gasteiger partial charge in [-0.15, -0.1) is 0 Å². The number of anilines is 1. The van der Waals surface area contributed by atoms with Crippen molar-refractivity contribution >= 4 is 11.5 Å². The Bertz CT molecular complexity index is 376.